The Morgan fingerprint density at radius 3 is 0.705 bits per heavy atom. The fraction of sp³-hybridized carbons (Fsp3) is 0.237. The largest absolute Gasteiger partial charge is 0.508 e. The van der Waals surface area contributed by atoms with Crippen LogP contribution >= 0.6 is 0 Å². The molecule has 5 heterocycles. The maximum Gasteiger partial charge on any atom is 0.165 e. The molecule has 0 spiro atoms. The van der Waals surface area contributed by atoms with E-state index in [0.717, 1.165) is 140 Å². The number of benzene rings is 15. The highest BCUT2D eigenvalue weighted by atomic mass is 19.1. The first-order valence-corrected chi connectivity index (χ1v) is 46.2. The molecule has 0 aliphatic carbocycles. The van der Waals surface area contributed by atoms with Crippen LogP contribution in [-0.4, -0.2) is 111 Å². The van der Waals surface area contributed by atoms with Crippen molar-refractivity contribution < 1.29 is 103 Å². The number of ether oxygens (including phenoxy) is 8. The second kappa shape index (κ2) is 41.1. The Morgan fingerprint density at radius 2 is 0.446 bits per heavy atom. The van der Waals surface area contributed by atoms with Crippen LogP contribution in [0.2, 0.25) is 0 Å². The second-order valence-electron chi connectivity index (χ2n) is 36.4. The summed E-state index contributed by atoms with van der Waals surface area (Å²) in [6.45, 7) is 21.3. The number of phenolic OH excluding ortho intramolecular Hbond substituents is 11. The highest BCUT2D eigenvalue weighted by Gasteiger charge is 2.42. The molecule has 10 atom stereocenters. The third-order valence-electron chi connectivity index (χ3n) is 27.8. The fourth-order valence-corrected chi connectivity index (χ4v) is 20.4. The van der Waals surface area contributed by atoms with Crippen LogP contribution in [0.3, 0.4) is 0 Å². The number of rotatable bonds is 13. The molecule has 0 fully saturated rings. The van der Waals surface area contributed by atoms with Gasteiger partial charge in [-0.2, -0.15) is 0 Å². The van der Waals surface area contributed by atoms with Gasteiger partial charge in [-0.3, -0.25) is 0 Å². The number of fused-ring (bicyclic) bond motifs is 5. The summed E-state index contributed by atoms with van der Waals surface area (Å²) < 4.78 is 74.8. The highest BCUT2D eigenvalue weighted by molar-refractivity contribution is 5.64. The fourth-order valence-electron chi connectivity index (χ4n) is 20.4. The van der Waals surface area contributed by atoms with Crippen LogP contribution < -0.4 is 37.9 Å². The predicted molar refractivity (Wildman–Crippen MR) is 532 cm³/mol. The zero-order valence-corrected chi connectivity index (χ0v) is 79.7. The van der Waals surface area contributed by atoms with Crippen molar-refractivity contribution >= 4 is 0 Å². The van der Waals surface area contributed by atoms with Gasteiger partial charge in [0.15, 0.2) is 11.6 Å². The standard InChI is InChI=1S/C25H26O4.C24H24O4.C23H21FO4.C23H21FO3.C23H22O4/c1-14-11-18(12-15(2)24(14)28-4)23-20-9-10-22(27)16(3)25(20)29-13-21(23)17-5-7-19(26)8-6-17;1-14-12-17(6-11-22(14)27-3)23-19-9-10-21(26)15(2)24(19)28-13-20(23)16-4-7-18(25)8-5-16;1-13-20(26)9-8-17-22(15-5-10-21(27-2)19(24)11-15)18(12-28-23(13)17)14-3-6-16(25)7-4-14;1-13-11-16(5-9-20(13)24)22-18-8-10-21(26)14(2)23(18)27-12-19(22)15-3-6-17(25)7-4-15;1-13-11-16(5-9-20(13)25)22-18-8-10-21(26)14(2)23(18)27-12-19(22)15-3-6-17(24)7-4-15/h5-12,21,23,26-27H,13H2,1-4H3;4-12,20,23,25-26H,13H2,1-3H3;3-11,18,22,25-26H,12H2,1-2H3;3-11,19,22,25-26H,12H2,1-2H3;3-11,19,22,24-26H,12H2,1-2H3/t21-,23-;20-,23-;18-,22-;2*19-,22-/m00000/s1. The SMILES string of the molecule is COc1c(C)cc([C@H]2c3ccc(O)c(C)c3OC[C@H]2c2ccc(O)cc2)cc1C.COc1ccc([C@H]2c3ccc(O)c(C)c3OC[C@H]2c2ccc(O)cc2)cc1C.COc1ccc([C@H]2c3ccc(O)c(C)c3OC[C@H]2c2ccc(O)cc2)cc1F.Cc1cc([C@H]2c3ccc(O)c(C)c3OC[C@H]2c2ccc(O)cc2)ccc1F.Cc1cc([C@H]2c3ccc(O)c(C)c3OC[C@H]2c2ccc(O)cc2)ccc1O. The molecule has 139 heavy (non-hydrogen) atoms. The summed E-state index contributed by atoms with van der Waals surface area (Å²) in [6.07, 6.45) is 0. The van der Waals surface area contributed by atoms with E-state index in [0.29, 0.717) is 61.2 Å². The first-order valence-electron chi connectivity index (χ1n) is 46.2. The first kappa shape index (κ1) is 96.5. The molecule has 0 bridgehead atoms. The second-order valence-corrected chi connectivity index (χ2v) is 36.4. The average molecular weight is 1870 g/mol. The Hall–Kier alpha value is -15.6. The highest BCUT2D eigenvalue weighted by Crippen LogP contribution is 2.57. The summed E-state index contributed by atoms with van der Waals surface area (Å²) in [5.74, 6) is 7.42. The van der Waals surface area contributed by atoms with Crippen LogP contribution in [0.5, 0.6) is 109 Å². The molecule has 0 unspecified atom stereocenters. The van der Waals surface area contributed by atoms with Crippen LogP contribution in [0.4, 0.5) is 8.78 Å². The van der Waals surface area contributed by atoms with Crippen molar-refractivity contribution in [3.8, 4) is 109 Å². The van der Waals surface area contributed by atoms with E-state index in [2.05, 4.69) is 38.1 Å². The van der Waals surface area contributed by atoms with Crippen molar-refractivity contribution in [2.75, 3.05) is 54.4 Å². The van der Waals surface area contributed by atoms with Gasteiger partial charge in [0.2, 0.25) is 0 Å². The third kappa shape index (κ3) is 19.9. The van der Waals surface area contributed by atoms with Crippen molar-refractivity contribution in [2.24, 2.45) is 0 Å². The van der Waals surface area contributed by atoms with Gasteiger partial charge in [-0.15, -0.1) is 0 Å². The maximum absolute atomic E-state index is 14.5. The lowest BCUT2D eigenvalue weighted by Gasteiger charge is -2.36. The van der Waals surface area contributed by atoms with Crippen molar-refractivity contribution in [3.05, 3.63) is 418 Å². The first-order chi connectivity index (χ1) is 66.8. The van der Waals surface area contributed by atoms with Crippen molar-refractivity contribution in [3.63, 3.8) is 0 Å². The van der Waals surface area contributed by atoms with E-state index in [1.54, 1.807) is 131 Å². The smallest absolute Gasteiger partial charge is 0.165 e. The van der Waals surface area contributed by atoms with Gasteiger partial charge >= 0.3 is 0 Å². The van der Waals surface area contributed by atoms with Crippen LogP contribution in [-0.2, 0) is 0 Å². The van der Waals surface area contributed by atoms with E-state index in [1.165, 1.54) is 30.4 Å². The summed E-state index contributed by atoms with van der Waals surface area (Å²) in [6, 6.07) is 80.5. The minimum atomic E-state index is -0.423. The quantitative estimate of drug-likeness (QED) is 0.0511. The zero-order valence-electron chi connectivity index (χ0n) is 79.7. The molecule has 11 N–H and O–H groups in total. The van der Waals surface area contributed by atoms with E-state index in [4.69, 9.17) is 37.9 Å². The molecule has 15 aromatic carbocycles. The Kier molecular flexibility index (Phi) is 28.5. The van der Waals surface area contributed by atoms with E-state index >= 15 is 0 Å². The van der Waals surface area contributed by atoms with Crippen molar-refractivity contribution in [1.82, 2.24) is 0 Å². The molecule has 0 amide bonds. The Balaban J connectivity index is 0.000000125. The lowest BCUT2D eigenvalue weighted by Crippen LogP contribution is -2.26. The van der Waals surface area contributed by atoms with Crippen molar-refractivity contribution in [1.29, 1.82) is 0 Å². The molecule has 21 heteroatoms. The molecule has 0 saturated carbocycles. The number of aryl methyl sites for hydroxylation is 5. The van der Waals surface area contributed by atoms with Gasteiger partial charge in [0, 0.05) is 115 Å². The molecule has 15 aromatic rings. The van der Waals surface area contributed by atoms with Gasteiger partial charge in [0.25, 0.3) is 0 Å². The minimum absolute atomic E-state index is 0.00639. The topological polar surface area (TPSA) is 296 Å². The molecule has 714 valence electrons. The minimum Gasteiger partial charge on any atom is -0.508 e. The van der Waals surface area contributed by atoms with Gasteiger partial charge in [-0.1, -0.05) is 146 Å². The third-order valence-corrected chi connectivity index (χ3v) is 27.8. The van der Waals surface area contributed by atoms with Crippen LogP contribution in [0.15, 0.2) is 267 Å². The van der Waals surface area contributed by atoms with Crippen LogP contribution in [0, 0.1) is 80.9 Å². The molecule has 5 aliphatic rings. The monoisotopic (exact) mass is 1870 g/mol. The number of aromatic hydroxyl groups is 11. The van der Waals surface area contributed by atoms with E-state index in [-0.39, 0.29) is 134 Å². The van der Waals surface area contributed by atoms with Gasteiger partial charge in [0.1, 0.15) is 109 Å². The maximum atomic E-state index is 14.5. The van der Waals surface area contributed by atoms with E-state index < -0.39 is 5.82 Å². The zero-order chi connectivity index (χ0) is 98.6. The van der Waals surface area contributed by atoms with E-state index in [1.807, 2.05) is 169 Å². The summed E-state index contributed by atoms with van der Waals surface area (Å²) in [7, 11) is 4.81. The summed E-state index contributed by atoms with van der Waals surface area (Å²) in [4.78, 5) is 0. The summed E-state index contributed by atoms with van der Waals surface area (Å²) in [5, 5.41) is 109. The number of halogens is 2. The molecular formula is C118H114F2O19. The number of hydrogen-bond donors (Lipinski definition) is 11. The molecule has 19 nitrogen and oxygen atoms in total. The molecular weight excluding hydrogens is 1760 g/mol. The van der Waals surface area contributed by atoms with Crippen LogP contribution in [0.1, 0.15) is 198 Å². The molecule has 0 saturated heterocycles. The summed E-state index contributed by atoms with van der Waals surface area (Å²) >= 11 is 0. The van der Waals surface area contributed by atoms with Crippen molar-refractivity contribution in [2.45, 2.75) is 128 Å². The molecule has 20 rings (SSSR count). The van der Waals surface area contributed by atoms with Gasteiger partial charge in [-0.05, 0) is 274 Å². The molecule has 0 aromatic heterocycles. The number of hydrogen-bond acceptors (Lipinski definition) is 19. The lowest BCUT2D eigenvalue weighted by molar-refractivity contribution is 0.245. The normalized spacial score (nSPS) is 18.4. The van der Waals surface area contributed by atoms with Gasteiger partial charge in [-0.25, -0.2) is 8.78 Å². The lowest BCUT2D eigenvalue weighted by atomic mass is 9.74. The van der Waals surface area contributed by atoms with E-state index in [9.17, 15) is 65.0 Å². The van der Waals surface area contributed by atoms with Crippen LogP contribution in [0.25, 0.3) is 0 Å². The predicted octanol–water partition coefficient (Wildman–Crippen LogP) is 25.1. The summed E-state index contributed by atoms with van der Waals surface area (Å²) in [5.41, 5.74) is 23.9. The average Bonchev–Trinajstić information content (AvgIpc) is 0.757. The number of methoxy groups -OCH3 is 3. The molecule has 0 radical (unpaired) electrons. The Bertz CT molecular complexity index is 6650. The number of phenols is 11. The Morgan fingerprint density at radius 1 is 0.216 bits per heavy atom. The Labute approximate surface area is 807 Å². The van der Waals surface area contributed by atoms with Gasteiger partial charge < -0.3 is 94.1 Å². The van der Waals surface area contributed by atoms with Gasteiger partial charge in [0.05, 0.1) is 54.4 Å². The molecule has 5 aliphatic heterocycles.